The quantitative estimate of drug-likeness (QED) is 0.603. The minimum absolute atomic E-state index is 0.0135. The zero-order valence-corrected chi connectivity index (χ0v) is 14.5. The van der Waals surface area contributed by atoms with Crippen molar-refractivity contribution in [2.24, 2.45) is 0 Å². The maximum absolute atomic E-state index is 12.1. The van der Waals surface area contributed by atoms with Gasteiger partial charge in [-0.2, -0.15) is 0 Å². The number of aryl methyl sites for hydroxylation is 1. The second-order valence-electron chi connectivity index (χ2n) is 6.10. The molecular formula is C21H20N2O3. The Kier molecular flexibility index (Phi) is 5.17. The molecule has 0 unspecified atom stereocenters. The molecule has 0 atom stereocenters. The Morgan fingerprint density at radius 2 is 1.62 bits per heavy atom. The molecule has 0 aliphatic carbocycles. The van der Waals surface area contributed by atoms with E-state index < -0.39 is 6.03 Å². The molecule has 0 heterocycles. The van der Waals surface area contributed by atoms with Gasteiger partial charge in [-0.15, -0.1) is 0 Å². The highest BCUT2D eigenvalue weighted by atomic mass is 16.3. The summed E-state index contributed by atoms with van der Waals surface area (Å²) in [6.45, 7) is 2.21. The van der Waals surface area contributed by atoms with E-state index in [-0.39, 0.29) is 24.5 Å². The second kappa shape index (κ2) is 7.70. The van der Waals surface area contributed by atoms with Gasteiger partial charge in [-0.05, 0) is 19.1 Å². The lowest BCUT2D eigenvalue weighted by Crippen LogP contribution is -2.30. The van der Waals surface area contributed by atoms with Gasteiger partial charge in [-0.25, -0.2) is 4.79 Å². The van der Waals surface area contributed by atoms with Crippen molar-refractivity contribution in [3.8, 4) is 5.75 Å². The van der Waals surface area contributed by atoms with E-state index in [2.05, 4.69) is 10.6 Å². The molecule has 2 amide bonds. The molecule has 3 aromatic rings. The summed E-state index contributed by atoms with van der Waals surface area (Å²) < 4.78 is 0. The third kappa shape index (κ3) is 4.00. The Hall–Kier alpha value is -3.34. The number of aromatic hydroxyl groups is 1. The number of amides is 2. The van der Waals surface area contributed by atoms with E-state index in [4.69, 9.17) is 0 Å². The highest BCUT2D eigenvalue weighted by molar-refractivity contribution is 6.03. The standard InChI is InChI=1S/C21H20N2O3/c1-14-8-10-15(11-9-14)19(24)12-13-22-21(26)23-18-6-2-5-17-16(18)4-3-7-20(17)25/h2-11,25H,12-13H2,1H3,(H2,22,23,26). The van der Waals surface area contributed by atoms with E-state index >= 15 is 0 Å². The summed E-state index contributed by atoms with van der Waals surface area (Å²) >= 11 is 0. The van der Waals surface area contributed by atoms with Crippen LogP contribution in [-0.4, -0.2) is 23.5 Å². The van der Waals surface area contributed by atoms with Crippen LogP contribution in [0.1, 0.15) is 22.3 Å². The van der Waals surface area contributed by atoms with E-state index in [1.165, 1.54) is 0 Å². The Balaban J connectivity index is 1.57. The van der Waals surface area contributed by atoms with Crippen molar-refractivity contribution in [2.45, 2.75) is 13.3 Å². The number of benzene rings is 3. The van der Waals surface area contributed by atoms with Crippen LogP contribution in [-0.2, 0) is 0 Å². The van der Waals surface area contributed by atoms with Gasteiger partial charge < -0.3 is 15.7 Å². The van der Waals surface area contributed by atoms with Crippen molar-refractivity contribution in [3.63, 3.8) is 0 Å². The fraction of sp³-hybridized carbons (Fsp3) is 0.143. The summed E-state index contributed by atoms with van der Waals surface area (Å²) in [5.41, 5.74) is 2.34. The Bertz CT molecular complexity index is 949. The Labute approximate surface area is 151 Å². The summed E-state index contributed by atoms with van der Waals surface area (Å²) in [5, 5.41) is 16.8. The van der Waals surface area contributed by atoms with Crippen LogP contribution < -0.4 is 10.6 Å². The average Bonchev–Trinajstić information content (AvgIpc) is 2.63. The first-order valence-electron chi connectivity index (χ1n) is 8.40. The first kappa shape index (κ1) is 17.5. The number of rotatable bonds is 5. The van der Waals surface area contributed by atoms with Crippen LogP contribution in [0.4, 0.5) is 10.5 Å². The molecule has 3 aromatic carbocycles. The molecule has 0 fully saturated rings. The number of ketones is 1. The minimum atomic E-state index is -0.391. The van der Waals surface area contributed by atoms with Gasteiger partial charge in [-0.3, -0.25) is 4.79 Å². The summed E-state index contributed by atoms with van der Waals surface area (Å²) in [6, 6.07) is 17.4. The van der Waals surface area contributed by atoms with Crippen LogP contribution in [0, 0.1) is 6.92 Å². The number of hydrogen-bond donors (Lipinski definition) is 3. The molecule has 3 rings (SSSR count). The minimum Gasteiger partial charge on any atom is -0.507 e. The smallest absolute Gasteiger partial charge is 0.319 e. The van der Waals surface area contributed by atoms with Crippen molar-refractivity contribution < 1.29 is 14.7 Å². The van der Waals surface area contributed by atoms with Crippen molar-refractivity contribution in [1.29, 1.82) is 0 Å². The number of Topliss-reactive ketones (excluding diaryl/α,β-unsaturated/α-hetero) is 1. The summed E-state index contributed by atoms with van der Waals surface area (Å²) in [7, 11) is 0. The zero-order chi connectivity index (χ0) is 18.5. The number of phenolic OH excluding ortho intramolecular Hbond substituents is 1. The van der Waals surface area contributed by atoms with E-state index in [1.807, 2.05) is 25.1 Å². The van der Waals surface area contributed by atoms with Crippen LogP contribution in [0.2, 0.25) is 0 Å². The maximum Gasteiger partial charge on any atom is 0.319 e. The number of hydrogen-bond acceptors (Lipinski definition) is 3. The van der Waals surface area contributed by atoms with Crippen LogP contribution in [0.3, 0.4) is 0 Å². The predicted octanol–water partition coefficient (Wildman–Crippen LogP) is 4.25. The second-order valence-corrected chi connectivity index (χ2v) is 6.10. The number of urea groups is 1. The SMILES string of the molecule is Cc1ccc(C(=O)CCNC(=O)Nc2cccc3c(O)cccc23)cc1. The summed E-state index contributed by atoms with van der Waals surface area (Å²) in [6.07, 6.45) is 0.229. The van der Waals surface area contributed by atoms with E-state index in [9.17, 15) is 14.7 Å². The number of nitrogens with one attached hydrogen (secondary N) is 2. The van der Waals surface area contributed by atoms with Crippen LogP contribution in [0.15, 0.2) is 60.7 Å². The highest BCUT2D eigenvalue weighted by Gasteiger charge is 2.09. The molecule has 132 valence electrons. The van der Waals surface area contributed by atoms with Gasteiger partial charge in [0.1, 0.15) is 5.75 Å². The molecule has 0 spiro atoms. The fourth-order valence-corrected chi connectivity index (χ4v) is 2.74. The summed E-state index contributed by atoms with van der Waals surface area (Å²) in [4.78, 5) is 24.2. The fourth-order valence-electron chi connectivity index (χ4n) is 2.74. The highest BCUT2D eigenvalue weighted by Crippen LogP contribution is 2.29. The van der Waals surface area contributed by atoms with E-state index in [1.54, 1.807) is 42.5 Å². The van der Waals surface area contributed by atoms with Gasteiger partial charge in [0.25, 0.3) is 0 Å². The Morgan fingerprint density at radius 1 is 0.923 bits per heavy atom. The lowest BCUT2D eigenvalue weighted by Gasteiger charge is -2.10. The number of phenols is 1. The van der Waals surface area contributed by atoms with Gasteiger partial charge in [0, 0.05) is 29.3 Å². The topological polar surface area (TPSA) is 78.4 Å². The van der Waals surface area contributed by atoms with E-state index in [0.717, 1.165) is 10.9 Å². The van der Waals surface area contributed by atoms with Crippen molar-refractivity contribution in [1.82, 2.24) is 5.32 Å². The third-order valence-electron chi connectivity index (χ3n) is 4.16. The van der Waals surface area contributed by atoms with Crippen molar-refractivity contribution >= 4 is 28.3 Å². The number of fused-ring (bicyclic) bond motifs is 1. The molecule has 0 bridgehead atoms. The van der Waals surface area contributed by atoms with Gasteiger partial charge in [0.2, 0.25) is 0 Å². The van der Waals surface area contributed by atoms with E-state index in [0.29, 0.717) is 16.6 Å². The van der Waals surface area contributed by atoms with Crippen molar-refractivity contribution in [2.75, 3.05) is 11.9 Å². The third-order valence-corrected chi connectivity index (χ3v) is 4.16. The molecule has 0 aliphatic heterocycles. The number of anilines is 1. The molecule has 5 heteroatoms. The average molecular weight is 348 g/mol. The van der Waals surface area contributed by atoms with Crippen LogP contribution >= 0.6 is 0 Å². The molecule has 0 saturated heterocycles. The number of carbonyl (C=O) groups excluding carboxylic acids is 2. The van der Waals surface area contributed by atoms with Gasteiger partial charge in [-0.1, -0.05) is 54.1 Å². The normalized spacial score (nSPS) is 10.5. The van der Waals surface area contributed by atoms with Gasteiger partial charge in [0.05, 0.1) is 5.69 Å². The zero-order valence-electron chi connectivity index (χ0n) is 14.5. The summed E-state index contributed by atoms with van der Waals surface area (Å²) in [5.74, 6) is 0.149. The molecule has 0 saturated carbocycles. The first-order chi connectivity index (χ1) is 12.5. The van der Waals surface area contributed by atoms with Crippen LogP contribution in [0.5, 0.6) is 5.75 Å². The van der Waals surface area contributed by atoms with Gasteiger partial charge in [0.15, 0.2) is 5.78 Å². The lowest BCUT2D eigenvalue weighted by molar-refractivity contribution is 0.0983. The molecular weight excluding hydrogens is 328 g/mol. The van der Waals surface area contributed by atoms with Crippen molar-refractivity contribution in [3.05, 3.63) is 71.8 Å². The first-order valence-corrected chi connectivity index (χ1v) is 8.40. The molecule has 5 nitrogen and oxygen atoms in total. The predicted molar refractivity (Wildman–Crippen MR) is 103 cm³/mol. The molecule has 3 N–H and O–H groups in total. The molecule has 0 radical (unpaired) electrons. The lowest BCUT2D eigenvalue weighted by atomic mass is 10.1. The Morgan fingerprint density at radius 3 is 2.38 bits per heavy atom. The largest absolute Gasteiger partial charge is 0.507 e. The molecule has 0 aliphatic rings. The molecule has 26 heavy (non-hydrogen) atoms. The monoisotopic (exact) mass is 348 g/mol. The molecule has 0 aromatic heterocycles. The van der Waals surface area contributed by atoms with Crippen LogP contribution in [0.25, 0.3) is 10.8 Å². The maximum atomic E-state index is 12.1. The van der Waals surface area contributed by atoms with Gasteiger partial charge >= 0.3 is 6.03 Å². The number of carbonyl (C=O) groups is 2.